The highest BCUT2D eigenvalue weighted by Crippen LogP contribution is 2.30. The maximum Gasteiger partial charge on any atom is 0.138 e. The molecule has 2 aromatic heterocycles. The Bertz CT molecular complexity index is 633. The summed E-state index contributed by atoms with van der Waals surface area (Å²) in [5, 5.41) is 4.46. The summed E-state index contributed by atoms with van der Waals surface area (Å²) in [6, 6.07) is 12.0. The zero-order valence-electron chi connectivity index (χ0n) is 11.0. The lowest BCUT2D eigenvalue weighted by atomic mass is 10.2. The van der Waals surface area contributed by atoms with Crippen LogP contribution in [0.2, 0.25) is 0 Å². The van der Waals surface area contributed by atoms with Gasteiger partial charge in [-0.05, 0) is 31.2 Å². The predicted molar refractivity (Wildman–Crippen MR) is 75.9 cm³/mol. The summed E-state index contributed by atoms with van der Waals surface area (Å²) < 4.78 is 11.4. The van der Waals surface area contributed by atoms with E-state index < -0.39 is 0 Å². The monoisotopic (exact) mass is 255 g/mol. The Balaban J connectivity index is 1.91. The third-order valence-electron chi connectivity index (χ3n) is 3.15. The van der Waals surface area contributed by atoms with Gasteiger partial charge in [-0.15, -0.1) is 0 Å². The van der Waals surface area contributed by atoms with Crippen molar-refractivity contribution in [2.75, 3.05) is 6.54 Å². The molecule has 98 valence electrons. The van der Waals surface area contributed by atoms with Crippen LogP contribution < -0.4 is 5.32 Å². The Hall–Kier alpha value is -2.00. The molecule has 1 N–H and O–H groups in total. The summed E-state index contributed by atoms with van der Waals surface area (Å²) in [6.45, 7) is 3.86. The zero-order chi connectivity index (χ0) is 13.1. The fourth-order valence-electron chi connectivity index (χ4n) is 2.19. The minimum atomic E-state index is 0.729. The van der Waals surface area contributed by atoms with E-state index >= 15 is 0 Å². The van der Waals surface area contributed by atoms with E-state index in [4.69, 9.17) is 8.83 Å². The van der Waals surface area contributed by atoms with Crippen molar-refractivity contribution in [2.45, 2.75) is 19.9 Å². The number of para-hydroxylation sites is 1. The van der Waals surface area contributed by atoms with Crippen molar-refractivity contribution in [3.8, 4) is 11.3 Å². The Labute approximate surface area is 112 Å². The second kappa shape index (κ2) is 5.33. The van der Waals surface area contributed by atoms with Crippen LogP contribution in [0.4, 0.5) is 0 Å². The molecule has 3 rings (SSSR count). The largest absolute Gasteiger partial charge is 0.467 e. The van der Waals surface area contributed by atoms with Gasteiger partial charge >= 0.3 is 0 Å². The Kier molecular flexibility index (Phi) is 3.38. The number of nitrogens with one attached hydrogen (secondary N) is 1. The van der Waals surface area contributed by atoms with Gasteiger partial charge in [0.25, 0.3) is 0 Å². The van der Waals surface area contributed by atoms with Gasteiger partial charge in [0, 0.05) is 5.39 Å². The van der Waals surface area contributed by atoms with Crippen LogP contribution in [0, 0.1) is 0 Å². The maximum atomic E-state index is 5.87. The van der Waals surface area contributed by atoms with Crippen LogP contribution in [0.15, 0.2) is 51.5 Å². The van der Waals surface area contributed by atoms with Crippen molar-refractivity contribution in [1.29, 1.82) is 0 Å². The molecule has 0 bridgehead atoms. The highest BCUT2D eigenvalue weighted by Gasteiger charge is 2.12. The zero-order valence-corrected chi connectivity index (χ0v) is 11.0. The smallest absolute Gasteiger partial charge is 0.138 e. The third kappa shape index (κ3) is 2.42. The lowest BCUT2D eigenvalue weighted by molar-refractivity contribution is 0.482. The van der Waals surface area contributed by atoms with Crippen LogP contribution in [-0.4, -0.2) is 6.54 Å². The lowest BCUT2D eigenvalue weighted by Crippen LogP contribution is -2.13. The van der Waals surface area contributed by atoms with Crippen molar-refractivity contribution in [3.63, 3.8) is 0 Å². The second-order valence-electron chi connectivity index (χ2n) is 4.58. The topological polar surface area (TPSA) is 38.3 Å². The van der Waals surface area contributed by atoms with Gasteiger partial charge in [-0.3, -0.25) is 0 Å². The van der Waals surface area contributed by atoms with Crippen molar-refractivity contribution < 1.29 is 8.83 Å². The van der Waals surface area contributed by atoms with Crippen molar-refractivity contribution in [1.82, 2.24) is 5.32 Å². The molecule has 0 saturated heterocycles. The Morgan fingerprint density at radius 2 is 2.05 bits per heavy atom. The van der Waals surface area contributed by atoms with Gasteiger partial charge in [0.05, 0.1) is 18.4 Å². The number of furan rings is 2. The van der Waals surface area contributed by atoms with Gasteiger partial charge in [-0.1, -0.05) is 25.1 Å². The lowest BCUT2D eigenvalue weighted by Gasteiger charge is -2.01. The van der Waals surface area contributed by atoms with E-state index in [9.17, 15) is 0 Å². The molecule has 3 aromatic rings. The van der Waals surface area contributed by atoms with Gasteiger partial charge in [0.2, 0.25) is 0 Å². The van der Waals surface area contributed by atoms with E-state index in [1.165, 1.54) is 0 Å². The normalized spacial score (nSPS) is 11.2. The Morgan fingerprint density at radius 3 is 2.89 bits per heavy atom. The Morgan fingerprint density at radius 1 is 1.16 bits per heavy atom. The molecule has 3 heteroatoms. The van der Waals surface area contributed by atoms with Crippen molar-refractivity contribution >= 4 is 11.0 Å². The molecule has 0 aliphatic heterocycles. The molecule has 2 heterocycles. The molecule has 0 atom stereocenters. The second-order valence-corrected chi connectivity index (χ2v) is 4.58. The molecule has 0 fully saturated rings. The van der Waals surface area contributed by atoms with E-state index in [1.54, 1.807) is 6.26 Å². The van der Waals surface area contributed by atoms with Crippen molar-refractivity contribution in [3.05, 3.63) is 48.4 Å². The van der Waals surface area contributed by atoms with Crippen LogP contribution in [0.3, 0.4) is 0 Å². The molecule has 0 aliphatic carbocycles. The first-order valence-electron chi connectivity index (χ1n) is 6.64. The van der Waals surface area contributed by atoms with Crippen LogP contribution >= 0.6 is 0 Å². The van der Waals surface area contributed by atoms with Gasteiger partial charge < -0.3 is 14.2 Å². The van der Waals surface area contributed by atoms with Gasteiger partial charge in [0.15, 0.2) is 0 Å². The van der Waals surface area contributed by atoms with E-state index in [-0.39, 0.29) is 0 Å². The molecule has 0 spiro atoms. The van der Waals surface area contributed by atoms with Crippen LogP contribution in [-0.2, 0) is 6.54 Å². The van der Waals surface area contributed by atoms with Crippen molar-refractivity contribution in [2.24, 2.45) is 0 Å². The number of benzene rings is 1. The summed E-state index contributed by atoms with van der Waals surface area (Å²) >= 11 is 0. The average molecular weight is 255 g/mol. The van der Waals surface area contributed by atoms with Gasteiger partial charge in [-0.25, -0.2) is 0 Å². The first kappa shape index (κ1) is 12.1. The third-order valence-corrected chi connectivity index (χ3v) is 3.15. The molecule has 19 heavy (non-hydrogen) atoms. The molecule has 1 aromatic carbocycles. The summed E-state index contributed by atoms with van der Waals surface area (Å²) in [5.41, 5.74) is 1.94. The summed E-state index contributed by atoms with van der Waals surface area (Å²) in [6.07, 6.45) is 2.83. The highest BCUT2D eigenvalue weighted by molar-refractivity contribution is 5.83. The molecule has 0 saturated carbocycles. The van der Waals surface area contributed by atoms with Gasteiger partial charge in [0.1, 0.15) is 17.1 Å². The highest BCUT2D eigenvalue weighted by atomic mass is 16.3. The minimum absolute atomic E-state index is 0.729. The number of fused-ring (bicyclic) bond motifs is 1. The number of hydrogen-bond acceptors (Lipinski definition) is 3. The number of rotatable bonds is 5. The number of hydrogen-bond donors (Lipinski definition) is 1. The molecule has 0 unspecified atom stereocenters. The molecule has 0 amide bonds. The molecule has 0 aliphatic rings. The molecule has 3 nitrogen and oxygen atoms in total. The van der Waals surface area contributed by atoms with Gasteiger partial charge in [-0.2, -0.15) is 0 Å². The quantitative estimate of drug-likeness (QED) is 0.695. The molecule has 0 radical (unpaired) electrons. The molecular weight excluding hydrogens is 238 g/mol. The first-order chi connectivity index (χ1) is 9.38. The van der Waals surface area contributed by atoms with E-state index in [0.29, 0.717) is 0 Å². The SMILES string of the molecule is CCCNCc1occc1-c1cc2ccccc2o1. The van der Waals surface area contributed by atoms with Crippen LogP contribution in [0.25, 0.3) is 22.3 Å². The fraction of sp³-hybridized carbons (Fsp3) is 0.250. The first-order valence-corrected chi connectivity index (χ1v) is 6.64. The summed E-state index contributed by atoms with van der Waals surface area (Å²) in [4.78, 5) is 0. The van der Waals surface area contributed by atoms with Crippen LogP contribution in [0.5, 0.6) is 0 Å². The van der Waals surface area contributed by atoms with E-state index in [2.05, 4.69) is 24.4 Å². The van der Waals surface area contributed by atoms with E-state index in [1.807, 2.05) is 24.3 Å². The van der Waals surface area contributed by atoms with Crippen LogP contribution in [0.1, 0.15) is 19.1 Å². The summed E-state index contributed by atoms with van der Waals surface area (Å²) in [7, 11) is 0. The average Bonchev–Trinajstić information content (AvgIpc) is 3.04. The summed E-state index contributed by atoms with van der Waals surface area (Å²) in [5.74, 6) is 1.79. The maximum absolute atomic E-state index is 5.87. The standard InChI is InChI=1S/C16H17NO2/c1-2-8-17-11-16-13(7-9-18-16)15-10-12-5-3-4-6-14(12)19-15/h3-7,9-10,17H,2,8,11H2,1H3. The molecular formula is C16H17NO2. The predicted octanol–water partition coefficient (Wildman–Crippen LogP) is 4.19. The fourth-order valence-corrected chi connectivity index (χ4v) is 2.19. The minimum Gasteiger partial charge on any atom is -0.467 e. The van der Waals surface area contributed by atoms with E-state index in [0.717, 1.165) is 47.6 Å².